The zero-order chi connectivity index (χ0) is 27.4. The molecule has 0 fully saturated rings. The second-order valence-corrected chi connectivity index (χ2v) is 9.42. The number of nitrogens with zero attached hydrogens (tertiary/aromatic N) is 3. The fourth-order valence-electron chi connectivity index (χ4n) is 4.93. The molecule has 0 bridgehead atoms. The van der Waals surface area contributed by atoms with Gasteiger partial charge in [-0.05, 0) is 68.1 Å². The molecular weight excluding hydrogens is 494 g/mol. The molecule has 0 saturated heterocycles. The molecule has 1 N–H and O–H groups in total. The van der Waals surface area contributed by atoms with Crippen molar-refractivity contribution >= 4 is 34.5 Å². The van der Waals surface area contributed by atoms with Gasteiger partial charge in [0, 0.05) is 41.9 Å². The summed E-state index contributed by atoms with van der Waals surface area (Å²) >= 11 is 0. The van der Waals surface area contributed by atoms with Crippen LogP contribution in [0.25, 0.3) is 16.6 Å². The first-order valence-electron chi connectivity index (χ1n) is 13.1. The van der Waals surface area contributed by atoms with E-state index in [9.17, 15) is 14.7 Å². The lowest BCUT2D eigenvalue weighted by Gasteiger charge is -2.26. The van der Waals surface area contributed by atoms with E-state index in [1.165, 1.54) is 11.0 Å². The van der Waals surface area contributed by atoms with Crippen LogP contribution in [-0.4, -0.2) is 46.5 Å². The van der Waals surface area contributed by atoms with Crippen LogP contribution in [0.3, 0.4) is 0 Å². The Morgan fingerprint density at radius 3 is 2.74 bits per heavy atom. The molecule has 0 aliphatic carbocycles. The number of anilines is 1. The Kier molecular flexibility index (Phi) is 7.63. The molecule has 0 spiro atoms. The standard InChI is InChI=1S/C31H31N3O5/c1-3-38-29(35)20-28(26-9-5-4-7-21(26)2)33-17-14-23-19-25(12-13-27(23)33)39-18-15-24-11-10-22-8-6-16-34(31(36)37)30(22)32-24/h4-5,7,9-14,17,19-20H,3,6,8,15-16,18H2,1-2H3,(H,36,37). The van der Waals surface area contributed by atoms with Crippen LogP contribution >= 0.6 is 0 Å². The molecule has 1 aliphatic heterocycles. The highest BCUT2D eigenvalue weighted by molar-refractivity contribution is 5.95. The zero-order valence-corrected chi connectivity index (χ0v) is 22.1. The maximum absolute atomic E-state index is 12.4. The van der Waals surface area contributed by atoms with Crippen LogP contribution < -0.4 is 9.64 Å². The molecule has 200 valence electrons. The Hall–Kier alpha value is -4.59. The second-order valence-electron chi connectivity index (χ2n) is 9.42. The highest BCUT2D eigenvalue weighted by Crippen LogP contribution is 2.29. The van der Waals surface area contributed by atoms with Crippen molar-refractivity contribution in [2.45, 2.75) is 33.1 Å². The molecule has 2 aromatic heterocycles. The van der Waals surface area contributed by atoms with Crippen molar-refractivity contribution in [1.82, 2.24) is 9.55 Å². The number of carbonyl (C=O) groups is 2. The Morgan fingerprint density at radius 2 is 1.95 bits per heavy atom. The van der Waals surface area contributed by atoms with Gasteiger partial charge in [-0.15, -0.1) is 0 Å². The van der Waals surface area contributed by atoms with Gasteiger partial charge in [-0.3, -0.25) is 4.90 Å². The minimum Gasteiger partial charge on any atom is -0.493 e. The van der Waals surface area contributed by atoms with Gasteiger partial charge in [0.1, 0.15) is 11.6 Å². The molecule has 5 rings (SSSR count). The minimum absolute atomic E-state index is 0.308. The number of carbonyl (C=O) groups excluding carboxylic acids is 1. The number of aromatic nitrogens is 2. The molecular formula is C31H31N3O5. The van der Waals surface area contributed by atoms with Gasteiger partial charge in [0.2, 0.25) is 0 Å². The highest BCUT2D eigenvalue weighted by atomic mass is 16.5. The Bertz CT molecular complexity index is 1560. The topological polar surface area (TPSA) is 93.9 Å². The van der Waals surface area contributed by atoms with Crippen LogP contribution in [0.1, 0.15) is 35.7 Å². The summed E-state index contributed by atoms with van der Waals surface area (Å²) in [7, 11) is 0. The molecule has 1 amide bonds. The molecule has 4 aromatic rings. The third-order valence-electron chi connectivity index (χ3n) is 6.84. The number of amides is 1. The van der Waals surface area contributed by atoms with Crippen LogP contribution in [0.4, 0.5) is 10.6 Å². The third-order valence-corrected chi connectivity index (χ3v) is 6.84. The predicted molar refractivity (Wildman–Crippen MR) is 150 cm³/mol. The molecule has 0 radical (unpaired) electrons. The van der Waals surface area contributed by atoms with Crippen molar-refractivity contribution in [2.24, 2.45) is 0 Å². The van der Waals surface area contributed by atoms with E-state index in [1.54, 1.807) is 6.92 Å². The summed E-state index contributed by atoms with van der Waals surface area (Å²) in [6, 6.07) is 19.7. The number of fused-ring (bicyclic) bond motifs is 2. The minimum atomic E-state index is -0.972. The lowest BCUT2D eigenvalue weighted by molar-refractivity contribution is -0.137. The van der Waals surface area contributed by atoms with Crippen LogP contribution in [0.5, 0.6) is 5.75 Å². The third kappa shape index (κ3) is 5.65. The van der Waals surface area contributed by atoms with E-state index in [-0.39, 0.29) is 5.97 Å². The first-order chi connectivity index (χ1) is 18.9. The van der Waals surface area contributed by atoms with E-state index >= 15 is 0 Å². The fraction of sp³-hybridized carbons (Fsp3) is 0.258. The Balaban J connectivity index is 1.34. The van der Waals surface area contributed by atoms with E-state index in [4.69, 9.17) is 9.47 Å². The summed E-state index contributed by atoms with van der Waals surface area (Å²) in [6.07, 6.45) is 4.70. The van der Waals surface area contributed by atoms with Crippen molar-refractivity contribution in [1.29, 1.82) is 0 Å². The molecule has 0 unspecified atom stereocenters. The number of ether oxygens (including phenoxy) is 2. The van der Waals surface area contributed by atoms with Gasteiger partial charge < -0.3 is 19.1 Å². The van der Waals surface area contributed by atoms with Crippen molar-refractivity contribution in [3.63, 3.8) is 0 Å². The van der Waals surface area contributed by atoms with E-state index < -0.39 is 6.09 Å². The predicted octanol–water partition coefficient (Wildman–Crippen LogP) is 5.85. The average Bonchev–Trinajstić information content (AvgIpc) is 3.35. The smallest absolute Gasteiger partial charge is 0.413 e. The van der Waals surface area contributed by atoms with Gasteiger partial charge in [-0.2, -0.15) is 0 Å². The number of aryl methyl sites for hydroxylation is 2. The first-order valence-corrected chi connectivity index (χ1v) is 13.1. The van der Waals surface area contributed by atoms with Crippen LogP contribution in [0.15, 0.2) is 72.9 Å². The van der Waals surface area contributed by atoms with Crippen molar-refractivity contribution in [3.05, 3.63) is 95.3 Å². The van der Waals surface area contributed by atoms with Crippen molar-refractivity contribution < 1.29 is 24.2 Å². The molecule has 3 heterocycles. The van der Waals surface area contributed by atoms with Crippen LogP contribution in [-0.2, 0) is 22.4 Å². The van der Waals surface area contributed by atoms with Gasteiger partial charge >= 0.3 is 12.1 Å². The molecule has 8 heteroatoms. The largest absolute Gasteiger partial charge is 0.493 e. The Morgan fingerprint density at radius 1 is 1.10 bits per heavy atom. The summed E-state index contributed by atoms with van der Waals surface area (Å²) in [4.78, 5) is 29.9. The molecule has 2 aromatic carbocycles. The van der Waals surface area contributed by atoms with Gasteiger partial charge in [0.25, 0.3) is 0 Å². The molecule has 0 saturated carbocycles. The number of benzene rings is 2. The number of carboxylic acid groups (broad SMARTS) is 1. The normalized spacial score (nSPS) is 13.3. The monoisotopic (exact) mass is 525 g/mol. The summed E-state index contributed by atoms with van der Waals surface area (Å²) in [5.74, 6) is 0.867. The van der Waals surface area contributed by atoms with Gasteiger partial charge in [0.15, 0.2) is 0 Å². The van der Waals surface area contributed by atoms with Gasteiger partial charge in [-0.25, -0.2) is 14.6 Å². The maximum Gasteiger partial charge on any atom is 0.413 e. The van der Waals surface area contributed by atoms with E-state index in [0.717, 1.165) is 57.6 Å². The number of pyridine rings is 1. The molecule has 8 nitrogen and oxygen atoms in total. The molecule has 1 aliphatic rings. The van der Waals surface area contributed by atoms with E-state index in [2.05, 4.69) is 4.98 Å². The van der Waals surface area contributed by atoms with E-state index in [1.807, 2.05) is 78.4 Å². The zero-order valence-electron chi connectivity index (χ0n) is 22.1. The summed E-state index contributed by atoms with van der Waals surface area (Å²) in [5.41, 5.74) is 5.43. The van der Waals surface area contributed by atoms with Crippen molar-refractivity contribution in [2.75, 3.05) is 24.7 Å². The average molecular weight is 526 g/mol. The Labute approximate surface area is 227 Å². The van der Waals surface area contributed by atoms with Crippen LogP contribution in [0, 0.1) is 6.92 Å². The fourth-order valence-corrected chi connectivity index (χ4v) is 4.93. The lowest BCUT2D eigenvalue weighted by Crippen LogP contribution is -2.35. The SMILES string of the molecule is CCOC(=O)C=C(c1ccccc1C)n1ccc2cc(OCCc3ccc4c(n3)N(C(=O)O)CCC4)ccc21. The van der Waals surface area contributed by atoms with Crippen molar-refractivity contribution in [3.8, 4) is 5.75 Å². The summed E-state index contributed by atoms with van der Waals surface area (Å²) in [5, 5.41) is 10.5. The summed E-state index contributed by atoms with van der Waals surface area (Å²) in [6.45, 7) is 4.99. The first kappa shape index (κ1) is 26.0. The number of hydrogen-bond acceptors (Lipinski definition) is 5. The highest BCUT2D eigenvalue weighted by Gasteiger charge is 2.23. The second kappa shape index (κ2) is 11.4. The summed E-state index contributed by atoms with van der Waals surface area (Å²) < 4.78 is 13.2. The number of hydrogen-bond donors (Lipinski definition) is 1. The molecule has 39 heavy (non-hydrogen) atoms. The van der Waals surface area contributed by atoms with Crippen LogP contribution in [0.2, 0.25) is 0 Å². The maximum atomic E-state index is 12.4. The number of rotatable bonds is 8. The van der Waals surface area contributed by atoms with Gasteiger partial charge in [-0.1, -0.05) is 30.3 Å². The quantitative estimate of drug-likeness (QED) is 0.229. The van der Waals surface area contributed by atoms with E-state index in [0.29, 0.717) is 32.0 Å². The lowest BCUT2D eigenvalue weighted by atomic mass is 10.0. The number of esters is 1. The molecule has 0 atom stereocenters. The van der Waals surface area contributed by atoms with Gasteiger partial charge in [0.05, 0.1) is 24.4 Å².